The van der Waals surface area contributed by atoms with Gasteiger partial charge in [0.2, 0.25) is 0 Å². The molecule has 0 aliphatic rings. The number of rotatable bonds is 8. The Hall–Kier alpha value is -0.887. The van der Waals surface area contributed by atoms with Crippen molar-refractivity contribution in [1.29, 1.82) is 0 Å². The fourth-order valence-corrected chi connectivity index (χ4v) is 2.27. The van der Waals surface area contributed by atoms with Gasteiger partial charge in [-0.25, -0.2) is 4.79 Å². The Kier molecular flexibility index (Phi) is 9.49. The Morgan fingerprint density at radius 3 is 2.30 bits per heavy atom. The van der Waals surface area contributed by atoms with Gasteiger partial charge in [-0.2, -0.15) is 0 Å². The third kappa shape index (κ3) is 6.04. The smallest absolute Gasteiger partial charge is 0.339 e. The second-order valence-corrected chi connectivity index (χ2v) is 5.13. The summed E-state index contributed by atoms with van der Waals surface area (Å²) in [4.78, 5) is 11.0. The van der Waals surface area contributed by atoms with Gasteiger partial charge >= 0.3 is 5.97 Å². The number of carboxylic acids is 1. The number of aromatic hydroxyl groups is 1. The van der Waals surface area contributed by atoms with Crippen molar-refractivity contribution < 1.29 is 34.5 Å². The van der Waals surface area contributed by atoms with Crippen LogP contribution in [0.3, 0.4) is 0 Å². The number of hydrogen-bond acceptors (Lipinski definition) is 2. The number of aryl methyl sites for hydroxylation is 2. The summed E-state index contributed by atoms with van der Waals surface area (Å²) >= 11 is 0. The monoisotopic (exact) mass is 328 g/mol. The van der Waals surface area contributed by atoms with E-state index < -0.39 is 5.97 Å². The maximum absolute atomic E-state index is 11.0. The molecule has 2 N–H and O–H groups in total. The molecule has 0 aliphatic carbocycles. The van der Waals surface area contributed by atoms with Crippen LogP contribution in [0.4, 0.5) is 0 Å². The van der Waals surface area contributed by atoms with E-state index in [0.717, 1.165) is 18.4 Å². The van der Waals surface area contributed by atoms with Crippen LogP contribution in [0.25, 0.3) is 0 Å². The molecule has 0 heterocycles. The van der Waals surface area contributed by atoms with Crippen molar-refractivity contribution >= 4 is 5.97 Å². The minimum absolute atomic E-state index is 0. The van der Waals surface area contributed by atoms with Gasteiger partial charge in [-0.1, -0.05) is 45.1 Å². The molecule has 0 amide bonds. The summed E-state index contributed by atoms with van der Waals surface area (Å²) in [5.41, 5.74) is 1.66. The van der Waals surface area contributed by atoms with Gasteiger partial charge in [0.1, 0.15) is 11.3 Å². The second-order valence-electron chi connectivity index (χ2n) is 5.13. The first-order valence-corrected chi connectivity index (χ1v) is 7.12. The molecule has 0 unspecified atom stereocenters. The van der Waals surface area contributed by atoms with Crippen molar-refractivity contribution in [3.05, 3.63) is 28.8 Å². The van der Waals surface area contributed by atoms with Crippen molar-refractivity contribution in [3.8, 4) is 5.75 Å². The summed E-state index contributed by atoms with van der Waals surface area (Å²) in [6.45, 7) is 3.94. The largest absolute Gasteiger partial charge is 0.507 e. The second kappa shape index (κ2) is 9.93. The fourth-order valence-electron chi connectivity index (χ4n) is 2.27. The van der Waals surface area contributed by atoms with E-state index in [2.05, 4.69) is 6.92 Å². The molecule has 4 heteroatoms. The van der Waals surface area contributed by atoms with E-state index in [-0.39, 0.29) is 30.8 Å². The molecule has 0 aromatic heterocycles. The Labute approximate surface area is 134 Å². The fraction of sp³-hybridized carbons (Fsp3) is 0.562. The van der Waals surface area contributed by atoms with Crippen LogP contribution in [0.1, 0.15) is 66.9 Å². The van der Waals surface area contributed by atoms with Crippen LogP contribution in [0, 0.1) is 6.92 Å². The van der Waals surface area contributed by atoms with Crippen LogP contribution in [0.5, 0.6) is 5.75 Å². The molecule has 108 valence electrons. The van der Waals surface area contributed by atoms with Crippen LogP contribution < -0.4 is 0 Å². The molecule has 0 aliphatic heterocycles. The molecule has 0 spiro atoms. The zero-order valence-electron chi connectivity index (χ0n) is 12.6. The molecule has 0 saturated heterocycles. The average Bonchev–Trinajstić information content (AvgIpc) is 2.37. The normalized spacial score (nSPS) is 10.1. The van der Waals surface area contributed by atoms with Crippen molar-refractivity contribution in [3.63, 3.8) is 0 Å². The summed E-state index contributed by atoms with van der Waals surface area (Å²) in [5.74, 6) is -1.18. The first-order chi connectivity index (χ1) is 9.06. The maximum atomic E-state index is 11.0. The predicted molar refractivity (Wildman–Crippen MR) is 76.9 cm³/mol. The molecular weight excluding hydrogens is 306 g/mol. The number of benzene rings is 1. The Balaban J connectivity index is 0.00000361. The van der Waals surface area contributed by atoms with Crippen molar-refractivity contribution in [2.75, 3.05) is 0 Å². The Bertz CT molecular complexity index is 430. The van der Waals surface area contributed by atoms with Crippen molar-refractivity contribution in [1.82, 2.24) is 0 Å². The first kappa shape index (κ1) is 19.1. The van der Waals surface area contributed by atoms with E-state index >= 15 is 0 Å². The molecule has 20 heavy (non-hydrogen) atoms. The number of carbonyl (C=O) groups is 1. The SMILES string of the molecule is CCCCCCCCc1cc(C)c(O)c(C(=O)O)c1.[Zn]. The first-order valence-electron chi connectivity index (χ1n) is 7.12. The zero-order chi connectivity index (χ0) is 14.3. The number of phenols is 1. The van der Waals surface area contributed by atoms with Gasteiger partial charge in [-0.3, -0.25) is 0 Å². The van der Waals surface area contributed by atoms with Gasteiger partial charge in [0.25, 0.3) is 0 Å². The summed E-state index contributed by atoms with van der Waals surface area (Å²) in [5, 5.41) is 18.7. The summed E-state index contributed by atoms with van der Waals surface area (Å²) in [6, 6.07) is 3.48. The third-order valence-electron chi connectivity index (χ3n) is 3.41. The zero-order valence-corrected chi connectivity index (χ0v) is 15.6. The quantitative estimate of drug-likeness (QED) is 0.552. The molecular formula is C16H24O3Zn. The summed E-state index contributed by atoms with van der Waals surface area (Å²) in [6.07, 6.45) is 8.21. The number of unbranched alkanes of at least 4 members (excludes halogenated alkanes) is 5. The predicted octanol–water partition coefficient (Wildman–Crippen LogP) is 4.30. The molecule has 1 aromatic rings. The van der Waals surface area contributed by atoms with Gasteiger partial charge in [0.15, 0.2) is 0 Å². The number of carboxylic acid groups (broad SMARTS) is 1. The molecule has 1 aromatic carbocycles. The van der Waals surface area contributed by atoms with Crippen LogP contribution in [-0.2, 0) is 25.9 Å². The maximum Gasteiger partial charge on any atom is 0.339 e. The molecule has 0 saturated carbocycles. The van der Waals surface area contributed by atoms with Gasteiger partial charge < -0.3 is 10.2 Å². The van der Waals surface area contributed by atoms with Crippen molar-refractivity contribution in [2.24, 2.45) is 0 Å². The Morgan fingerprint density at radius 2 is 1.70 bits per heavy atom. The van der Waals surface area contributed by atoms with E-state index in [1.807, 2.05) is 6.07 Å². The van der Waals surface area contributed by atoms with E-state index in [0.29, 0.717) is 5.56 Å². The van der Waals surface area contributed by atoms with Crippen LogP contribution in [0.15, 0.2) is 12.1 Å². The Morgan fingerprint density at radius 1 is 1.10 bits per heavy atom. The molecule has 0 fully saturated rings. The van der Waals surface area contributed by atoms with E-state index in [1.54, 1.807) is 13.0 Å². The van der Waals surface area contributed by atoms with Gasteiger partial charge in [-0.05, 0) is 37.0 Å². The minimum atomic E-state index is -1.06. The molecule has 1 rings (SSSR count). The van der Waals surface area contributed by atoms with Gasteiger partial charge in [0, 0.05) is 19.5 Å². The van der Waals surface area contributed by atoms with Crippen LogP contribution in [0.2, 0.25) is 0 Å². The average molecular weight is 330 g/mol. The molecule has 0 atom stereocenters. The van der Waals surface area contributed by atoms with E-state index in [4.69, 9.17) is 5.11 Å². The minimum Gasteiger partial charge on any atom is -0.507 e. The topological polar surface area (TPSA) is 57.5 Å². The van der Waals surface area contributed by atoms with Gasteiger partial charge in [0.05, 0.1) is 0 Å². The molecule has 3 nitrogen and oxygen atoms in total. The van der Waals surface area contributed by atoms with Crippen LogP contribution in [-0.4, -0.2) is 16.2 Å². The molecule has 0 radical (unpaired) electrons. The van der Waals surface area contributed by atoms with E-state index in [1.165, 1.54) is 32.1 Å². The summed E-state index contributed by atoms with van der Waals surface area (Å²) < 4.78 is 0. The number of hydrogen-bond donors (Lipinski definition) is 2. The third-order valence-corrected chi connectivity index (χ3v) is 3.41. The standard InChI is InChI=1S/C16H24O3.Zn/c1-3-4-5-6-7-8-9-13-10-12(2)15(17)14(11-13)16(18)19;/h10-11,17H,3-9H2,1-2H3,(H,18,19);. The molecule has 0 bridgehead atoms. The summed E-state index contributed by atoms with van der Waals surface area (Å²) in [7, 11) is 0. The van der Waals surface area contributed by atoms with Gasteiger partial charge in [-0.15, -0.1) is 0 Å². The number of aromatic carboxylic acids is 1. The van der Waals surface area contributed by atoms with Crippen LogP contribution >= 0.6 is 0 Å². The van der Waals surface area contributed by atoms with Crippen molar-refractivity contribution in [2.45, 2.75) is 58.8 Å². The van der Waals surface area contributed by atoms with E-state index in [9.17, 15) is 9.90 Å².